The summed E-state index contributed by atoms with van der Waals surface area (Å²) in [5.41, 5.74) is 0.475. The summed E-state index contributed by atoms with van der Waals surface area (Å²) in [6.07, 6.45) is 3.48. The number of aryl methyl sites for hydroxylation is 1. The molecule has 0 aliphatic heterocycles. The van der Waals surface area contributed by atoms with E-state index in [9.17, 15) is 14.3 Å². The maximum absolute atomic E-state index is 13.4. The van der Waals surface area contributed by atoms with Crippen molar-refractivity contribution in [2.45, 2.75) is 31.7 Å². The Balaban J connectivity index is 2.55. The molecule has 1 fully saturated rings. The number of isocyanates is 1. The normalized spacial score (nSPS) is 16.6. The maximum atomic E-state index is 13.4. The molecule has 1 saturated carbocycles. The van der Waals surface area contributed by atoms with Gasteiger partial charge in [-0.15, -0.1) is 0 Å². The van der Waals surface area contributed by atoms with Crippen molar-refractivity contribution < 1.29 is 14.3 Å². The molecule has 1 aromatic carbocycles. The third-order valence-corrected chi connectivity index (χ3v) is 3.02. The molecule has 16 heavy (non-hydrogen) atoms. The van der Waals surface area contributed by atoms with E-state index in [4.69, 9.17) is 0 Å². The Bertz CT molecular complexity index is 474. The van der Waals surface area contributed by atoms with Crippen LogP contribution in [-0.4, -0.2) is 11.2 Å². The zero-order valence-corrected chi connectivity index (χ0v) is 8.96. The van der Waals surface area contributed by atoms with E-state index in [-0.39, 0.29) is 0 Å². The molecule has 4 heteroatoms. The molecule has 1 N–H and O–H groups in total. The molecule has 2 rings (SSSR count). The third kappa shape index (κ3) is 1.61. The SMILES string of the molecule is CCc1cc(F)c(O)c(C2(N=C=O)CC2)c1. The number of rotatable bonds is 3. The highest BCUT2D eigenvalue weighted by Crippen LogP contribution is 2.52. The third-order valence-electron chi connectivity index (χ3n) is 3.02. The predicted octanol–water partition coefficient (Wildman–Crippen LogP) is 2.42. The summed E-state index contributed by atoms with van der Waals surface area (Å²) in [6, 6.07) is 3.02. The second-order valence-electron chi connectivity index (χ2n) is 4.06. The number of hydrogen-bond acceptors (Lipinski definition) is 3. The van der Waals surface area contributed by atoms with Crippen molar-refractivity contribution in [1.29, 1.82) is 0 Å². The number of carbonyl (C=O) groups excluding carboxylic acids is 1. The smallest absolute Gasteiger partial charge is 0.235 e. The zero-order chi connectivity index (χ0) is 11.8. The largest absolute Gasteiger partial charge is 0.505 e. The van der Waals surface area contributed by atoms with Crippen molar-refractivity contribution in [3.63, 3.8) is 0 Å². The van der Waals surface area contributed by atoms with Crippen LogP contribution in [0.5, 0.6) is 5.75 Å². The van der Waals surface area contributed by atoms with Crippen LogP contribution in [0.2, 0.25) is 0 Å². The van der Waals surface area contributed by atoms with Crippen molar-refractivity contribution in [3.05, 3.63) is 29.1 Å². The second-order valence-corrected chi connectivity index (χ2v) is 4.06. The van der Waals surface area contributed by atoms with E-state index in [1.54, 1.807) is 6.07 Å². The molecule has 1 aromatic rings. The first-order chi connectivity index (χ1) is 7.63. The second kappa shape index (κ2) is 3.72. The van der Waals surface area contributed by atoms with Crippen molar-refractivity contribution in [3.8, 4) is 5.75 Å². The van der Waals surface area contributed by atoms with Crippen molar-refractivity contribution in [2.24, 2.45) is 4.99 Å². The topological polar surface area (TPSA) is 49.7 Å². The van der Waals surface area contributed by atoms with E-state index < -0.39 is 17.1 Å². The van der Waals surface area contributed by atoms with Gasteiger partial charge in [0.2, 0.25) is 6.08 Å². The standard InChI is InChI=1S/C12H12FNO2/c1-2-8-5-9(11(16)10(13)6-8)12(3-4-12)14-7-15/h5-6,16H,2-4H2,1H3. The summed E-state index contributed by atoms with van der Waals surface area (Å²) >= 11 is 0. The predicted molar refractivity (Wildman–Crippen MR) is 56.5 cm³/mol. The lowest BCUT2D eigenvalue weighted by Crippen LogP contribution is -2.05. The van der Waals surface area contributed by atoms with Crippen LogP contribution in [0.4, 0.5) is 4.39 Å². The Hall–Kier alpha value is -1.67. The number of phenolic OH excluding ortho intramolecular Hbond substituents is 1. The fourth-order valence-corrected chi connectivity index (χ4v) is 1.86. The number of aliphatic imine (C=N–C) groups is 1. The first-order valence-corrected chi connectivity index (χ1v) is 5.24. The van der Waals surface area contributed by atoms with Gasteiger partial charge in [-0.25, -0.2) is 9.18 Å². The van der Waals surface area contributed by atoms with Gasteiger partial charge in [0.1, 0.15) is 5.54 Å². The molecule has 0 atom stereocenters. The van der Waals surface area contributed by atoms with E-state index in [1.165, 1.54) is 12.1 Å². The van der Waals surface area contributed by atoms with Crippen molar-refractivity contribution in [2.75, 3.05) is 0 Å². The Morgan fingerprint density at radius 2 is 2.25 bits per heavy atom. The fourth-order valence-electron chi connectivity index (χ4n) is 1.86. The lowest BCUT2D eigenvalue weighted by molar-refractivity contribution is 0.418. The monoisotopic (exact) mass is 221 g/mol. The molecule has 1 aliphatic carbocycles. The number of halogens is 1. The molecule has 0 spiro atoms. The first kappa shape index (κ1) is 10.8. The number of nitrogens with zero attached hydrogens (tertiary/aromatic N) is 1. The summed E-state index contributed by atoms with van der Waals surface area (Å²) in [6.45, 7) is 1.90. The summed E-state index contributed by atoms with van der Waals surface area (Å²) < 4.78 is 13.4. The highest BCUT2D eigenvalue weighted by Gasteiger charge is 2.47. The number of phenols is 1. The molecular formula is C12H12FNO2. The summed E-state index contributed by atoms with van der Waals surface area (Å²) in [7, 11) is 0. The molecule has 0 unspecified atom stereocenters. The van der Waals surface area contributed by atoms with Crippen LogP contribution in [0.1, 0.15) is 30.9 Å². The molecule has 0 radical (unpaired) electrons. The van der Waals surface area contributed by atoms with E-state index in [1.807, 2.05) is 6.92 Å². The van der Waals surface area contributed by atoms with Gasteiger partial charge in [-0.1, -0.05) is 6.92 Å². The van der Waals surface area contributed by atoms with Gasteiger partial charge in [0.05, 0.1) is 0 Å². The van der Waals surface area contributed by atoms with Gasteiger partial charge in [-0.2, -0.15) is 4.99 Å². The molecule has 0 bridgehead atoms. The van der Waals surface area contributed by atoms with Crippen molar-refractivity contribution in [1.82, 2.24) is 0 Å². The van der Waals surface area contributed by atoms with E-state index >= 15 is 0 Å². The maximum Gasteiger partial charge on any atom is 0.235 e. The number of aromatic hydroxyl groups is 1. The minimum atomic E-state index is -0.724. The van der Waals surface area contributed by atoms with Crippen LogP contribution in [0, 0.1) is 5.82 Å². The van der Waals surface area contributed by atoms with Crippen LogP contribution < -0.4 is 0 Å². The molecule has 0 heterocycles. The zero-order valence-electron chi connectivity index (χ0n) is 8.96. The molecule has 84 valence electrons. The van der Waals surface area contributed by atoms with Gasteiger partial charge in [-0.05, 0) is 37.0 Å². The van der Waals surface area contributed by atoms with E-state index in [0.717, 1.165) is 5.56 Å². The minimum absolute atomic E-state index is 0.395. The molecule has 0 amide bonds. The van der Waals surface area contributed by atoms with Gasteiger partial charge in [0, 0.05) is 5.56 Å². The van der Waals surface area contributed by atoms with Gasteiger partial charge in [0.25, 0.3) is 0 Å². The Kier molecular flexibility index (Phi) is 2.52. The lowest BCUT2D eigenvalue weighted by Gasteiger charge is -2.12. The molecule has 1 aliphatic rings. The van der Waals surface area contributed by atoms with Crippen LogP contribution >= 0.6 is 0 Å². The summed E-state index contributed by atoms with van der Waals surface area (Å²) in [4.78, 5) is 14.0. The van der Waals surface area contributed by atoms with Crippen LogP contribution in [-0.2, 0) is 16.8 Å². The highest BCUT2D eigenvalue weighted by molar-refractivity contribution is 5.48. The fraction of sp³-hybridized carbons (Fsp3) is 0.417. The quantitative estimate of drug-likeness (QED) is 0.629. The lowest BCUT2D eigenvalue weighted by atomic mass is 9.99. The van der Waals surface area contributed by atoms with E-state index in [0.29, 0.717) is 24.8 Å². The average molecular weight is 221 g/mol. The minimum Gasteiger partial charge on any atom is -0.505 e. The Morgan fingerprint density at radius 3 is 2.75 bits per heavy atom. The summed E-state index contributed by atoms with van der Waals surface area (Å²) in [5.74, 6) is -1.05. The first-order valence-electron chi connectivity index (χ1n) is 5.24. The molecule has 0 aromatic heterocycles. The van der Waals surface area contributed by atoms with Crippen LogP contribution in [0.3, 0.4) is 0 Å². The molecule has 0 saturated heterocycles. The summed E-state index contributed by atoms with van der Waals surface area (Å²) in [5, 5.41) is 9.65. The molecule has 3 nitrogen and oxygen atoms in total. The van der Waals surface area contributed by atoms with Gasteiger partial charge in [-0.3, -0.25) is 0 Å². The Morgan fingerprint density at radius 1 is 1.56 bits per heavy atom. The van der Waals surface area contributed by atoms with Crippen LogP contribution in [0.15, 0.2) is 17.1 Å². The Labute approximate surface area is 92.6 Å². The van der Waals surface area contributed by atoms with Gasteiger partial charge >= 0.3 is 0 Å². The van der Waals surface area contributed by atoms with Crippen LogP contribution in [0.25, 0.3) is 0 Å². The van der Waals surface area contributed by atoms with Gasteiger partial charge in [0.15, 0.2) is 11.6 Å². The van der Waals surface area contributed by atoms with Gasteiger partial charge < -0.3 is 5.11 Å². The molecular weight excluding hydrogens is 209 g/mol. The van der Waals surface area contributed by atoms with E-state index in [2.05, 4.69) is 4.99 Å². The number of hydrogen-bond donors (Lipinski definition) is 1. The van der Waals surface area contributed by atoms with Crippen molar-refractivity contribution >= 4 is 6.08 Å². The average Bonchev–Trinajstić information content (AvgIpc) is 3.03. The number of benzene rings is 1. The highest BCUT2D eigenvalue weighted by atomic mass is 19.1.